The second kappa shape index (κ2) is 18.9. The first-order chi connectivity index (χ1) is 26.7. The third-order valence-corrected chi connectivity index (χ3v) is 11.5. The Bertz CT molecular complexity index is 2190. The first kappa shape index (κ1) is 39.5. The molecule has 1 aromatic heterocycles. The SMILES string of the molecule is CCOC(=O)c1c(NC(=O)C(CC)Sc2cccc(NC(=O)/C(=C/c3cccc(Cl)c3)NC(=O)c3ccccc3)c2)sc2c1CCN(Cc1ccccc1)C2. The number of rotatable bonds is 14. The van der Waals surface area contributed by atoms with Crippen molar-refractivity contribution < 1.29 is 23.9 Å². The summed E-state index contributed by atoms with van der Waals surface area (Å²) < 4.78 is 5.45. The van der Waals surface area contributed by atoms with Gasteiger partial charge in [0.15, 0.2) is 0 Å². The summed E-state index contributed by atoms with van der Waals surface area (Å²) in [5.41, 5.74) is 4.14. The van der Waals surface area contributed by atoms with Gasteiger partial charge in [0.2, 0.25) is 5.91 Å². The summed E-state index contributed by atoms with van der Waals surface area (Å²) in [5.74, 6) is -1.64. The standard InChI is InChI=1S/C43H41ClN4O5S2/c1-3-36(41(51)47-42-38(43(52)53-4-2)34-21-22-48(27-37(34)55-42)26-28-13-7-5-8-14-28)54-33-20-12-19-32(25-33)45-40(50)35(24-29-15-11-18-31(44)23-29)46-39(49)30-16-9-6-10-17-30/h5-20,23-25,36H,3-4,21-22,26-27H2,1-2H3,(H,45,50)(H,46,49)(H,47,51)/b35-24-. The second-order valence-electron chi connectivity index (χ2n) is 12.8. The van der Waals surface area contributed by atoms with E-state index in [-0.39, 0.29) is 18.2 Å². The average molecular weight is 793 g/mol. The molecule has 5 aromatic rings. The largest absolute Gasteiger partial charge is 0.462 e. The number of halogens is 1. The fourth-order valence-electron chi connectivity index (χ4n) is 6.17. The number of ether oxygens (including phenoxy) is 1. The van der Waals surface area contributed by atoms with Crippen LogP contribution < -0.4 is 16.0 Å². The van der Waals surface area contributed by atoms with Gasteiger partial charge in [0.1, 0.15) is 10.7 Å². The predicted octanol–water partition coefficient (Wildman–Crippen LogP) is 9.06. The minimum Gasteiger partial charge on any atom is -0.462 e. The zero-order valence-electron chi connectivity index (χ0n) is 30.5. The molecule has 12 heteroatoms. The van der Waals surface area contributed by atoms with Crippen LogP contribution in [0.1, 0.15) is 62.6 Å². The fraction of sp³-hybridized carbons (Fsp3) is 0.209. The molecule has 0 fully saturated rings. The van der Waals surface area contributed by atoms with Crippen LogP contribution in [0, 0.1) is 0 Å². The molecule has 1 aliphatic heterocycles. The molecule has 3 amide bonds. The number of hydrogen-bond donors (Lipinski definition) is 3. The molecular formula is C43H41ClN4O5S2. The summed E-state index contributed by atoms with van der Waals surface area (Å²) in [6.07, 6.45) is 2.75. The Morgan fingerprint density at radius 3 is 2.38 bits per heavy atom. The third-order valence-electron chi connectivity index (χ3n) is 8.82. The van der Waals surface area contributed by atoms with Crippen molar-refractivity contribution in [2.45, 2.75) is 49.9 Å². The summed E-state index contributed by atoms with van der Waals surface area (Å²) >= 11 is 8.99. The lowest BCUT2D eigenvalue weighted by Crippen LogP contribution is -2.30. The van der Waals surface area contributed by atoms with Crippen LogP contribution in [0.3, 0.4) is 0 Å². The van der Waals surface area contributed by atoms with Gasteiger partial charge in [-0.25, -0.2) is 4.79 Å². The van der Waals surface area contributed by atoms with Crippen molar-refractivity contribution in [2.75, 3.05) is 23.8 Å². The van der Waals surface area contributed by atoms with Gasteiger partial charge >= 0.3 is 5.97 Å². The van der Waals surface area contributed by atoms with Crippen LogP contribution in [-0.4, -0.2) is 47.0 Å². The van der Waals surface area contributed by atoms with E-state index >= 15 is 0 Å². The first-order valence-electron chi connectivity index (χ1n) is 18.0. The minimum absolute atomic E-state index is 0.0271. The third kappa shape index (κ3) is 10.5. The normalized spacial score (nSPS) is 13.3. The average Bonchev–Trinajstić information content (AvgIpc) is 3.54. The monoisotopic (exact) mass is 792 g/mol. The van der Waals surface area contributed by atoms with Gasteiger partial charge in [-0.05, 0) is 85.0 Å². The van der Waals surface area contributed by atoms with Crippen molar-refractivity contribution in [3.63, 3.8) is 0 Å². The number of nitrogens with zero attached hydrogens (tertiary/aromatic N) is 1. The molecule has 9 nitrogen and oxygen atoms in total. The maximum Gasteiger partial charge on any atom is 0.341 e. The molecule has 3 N–H and O–H groups in total. The van der Waals surface area contributed by atoms with E-state index in [0.717, 1.165) is 28.4 Å². The van der Waals surface area contributed by atoms with E-state index in [9.17, 15) is 19.2 Å². The summed E-state index contributed by atoms with van der Waals surface area (Å²) in [4.78, 5) is 58.0. The zero-order valence-corrected chi connectivity index (χ0v) is 32.9. The summed E-state index contributed by atoms with van der Waals surface area (Å²) in [6.45, 7) is 6.19. The molecule has 2 heterocycles. The molecule has 0 saturated carbocycles. The number of amides is 3. The topological polar surface area (TPSA) is 117 Å². The van der Waals surface area contributed by atoms with E-state index in [2.05, 4.69) is 33.0 Å². The lowest BCUT2D eigenvalue weighted by molar-refractivity contribution is -0.116. The van der Waals surface area contributed by atoms with E-state index in [4.69, 9.17) is 16.3 Å². The number of benzene rings is 4. The number of nitrogens with one attached hydrogen (secondary N) is 3. The van der Waals surface area contributed by atoms with Crippen molar-refractivity contribution >= 4 is 75.2 Å². The fourth-order valence-corrected chi connectivity index (χ4v) is 8.66. The molecule has 282 valence electrons. The molecule has 0 saturated heterocycles. The molecule has 0 aliphatic carbocycles. The van der Waals surface area contributed by atoms with E-state index in [1.807, 2.05) is 31.2 Å². The highest BCUT2D eigenvalue weighted by molar-refractivity contribution is 8.00. The van der Waals surface area contributed by atoms with Crippen LogP contribution in [0.15, 0.2) is 120 Å². The zero-order chi connectivity index (χ0) is 38.7. The molecule has 0 bridgehead atoms. The number of thiophene rings is 1. The number of esters is 1. The predicted molar refractivity (Wildman–Crippen MR) is 222 cm³/mol. The Hall–Kier alpha value is -5.20. The molecule has 4 aromatic carbocycles. The van der Waals surface area contributed by atoms with Crippen molar-refractivity contribution in [3.8, 4) is 0 Å². The highest BCUT2D eigenvalue weighted by atomic mass is 35.5. The molecule has 1 unspecified atom stereocenters. The van der Waals surface area contributed by atoms with Crippen LogP contribution in [0.25, 0.3) is 6.08 Å². The molecule has 55 heavy (non-hydrogen) atoms. The molecular weight excluding hydrogens is 752 g/mol. The van der Waals surface area contributed by atoms with E-state index in [1.165, 1.54) is 28.7 Å². The van der Waals surface area contributed by atoms with Crippen LogP contribution in [0.5, 0.6) is 0 Å². The van der Waals surface area contributed by atoms with Gasteiger partial charge in [0.25, 0.3) is 11.8 Å². The van der Waals surface area contributed by atoms with Crippen molar-refractivity contribution in [1.29, 1.82) is 0 Å². The second-order valence-corrected chi connectivity index (χ2v) is 15.6. The van der Waals surface area contributed by atoms with Gasteiger partial charge in [-0.1, -0.05) is 85.3 Å². The summed E-state index contributed by atoms with van der Waals surface area (Å²) in [7, 11) is 0. The van der Waals surface area contributed by atoms with Gasteiger partial charge in [-0.2, -0.15) is 0 Å². The lowest BCUT2D eigenvalue weighted by atomic mass is 10.0. The van der Waals surface area contributed by atoms with Crippen LogP contribution in [0.2, 0.25) is 5.02 Å². The maximum absolute atomic E-state index is 13.9. The number of carbonyl (C=O) groups is 4. The number of anilines is 2. The van der Waals surface area contributed by atoms with Crippen LogP contribution in [-0.2, 0) is 33.8 Å². The van der Waals surface area contributed by atoms with Crippen LogP contribution in [0.4, 0.5) is 10.7 Å². The van der Waals surface area contributed by atoms with E-state index in [1.54, 1.807) is 85.8 Å². The Kier molecular flexibility index (Phi) is 13.6. The van der Waals surface area contributed by atoms with Gasteiger partial charge in [0.05, 0.1) is 17.4 Å². The minimum atomic E-state index is -0.535. The van der Waals surface area contributed by atoms with Crippen molar-refractivity contribution in [1.82, 2.24) is 10.2 Å². The maximum atomic E-state index is 13.9. The summed E-state index contributed by atoms with van der Waals surface area (Å²) in [5, 5.41) is 9.20. The van der Waals surface area contributed by atoms with Gasteiger partial charge in [-0.3, -0.25) is 19.3 Å². The molecule has 1 aliphatic rings. The molecule has 0 spiro atoms. The Morgan fingerprint density at radius 2 is 1.65 bits per heavy atom. The number of hydrogen-bond acceptors (Lipinski definition) is 8. The number of carbonyl (C=O) groups excluding carboxylic acids is 4. The van der Waals surface area contributed by atoms with Crippen molar-refractivity contribution in [3.05, 3.63) is 153 Å². The van der Waals surface area contributed by atoms with Gasteiger partial charge < -0.3 is 20.7 Å². The highest BCUT2D eigenvalue weighted by Gasteiger charge is 2.31. The number of fused-ring (bicyclic) bond motifs is 1. The molecule has 1 atom stereocenters. The van der Waals surface area contributed by atoms with E-state index in [0.29, 0.717) is 51.8 Å². The molecule has 0 radical (unpaired) electrons. The molecule has 6 rings (SSSR count). The van der Waals surface area contributed by atoms with Gasteiger partial charge in [-0.15, -0.1) is 23.1 Å². The number of thioether (sulfide) groups is 1. The Labute approximate surface area is 334 Å². The highest BCUT2D eigenvalue weighted by Crippen LogP contribution is 2.39. The Balaban J connectivity index is 1.16. The van der Waals surface area contributed by atoms with Crippen molar-refractivity contribution in [2.24, 2.45) is 0 Å². The summed E-state index contributed by atoms with van der Waals surface area (Å²) in [6, 6.07) is 33.0. The first-order valence-corrected chi connectivity index (χ1v) is 20.1. The lowest BCUT2D eigenvalue weighted by Gasteiger charge is -2.27. The van der Waals surface area contributed by atoms with Crippen LogP contribution >= 0.6 is 34.7 Å². The quantitative estimate of drug-likeness (QED) is 0.0584. The smallest absolute Gasteiger partial charge is 0.341 e. The van der Waals surface area contributed by atoms with Gasteiger partial charge in [0, 0.05) is 45.7 Å². The Morgan fingerprint density at radius 1 is 0.909 bits per heavy atom. The van der Waals surface area contributed by atoms with E-state index < -0.39 is 23.0 Å².